The van der Waals surface area contributed by atoms with Crippen LogP contribution in [0.4, 0.5) is 43.9 Å². The van der Waals surface area contributed by atoms with Crippen LogP contribution in [-0.4, -0.2) is 31.0 Å². The van der Waals surface area contributed by atoms with Crippen LogP contribution in [0.5, 0.6) is 0 Å². The van der Waals surface area contributed by atoms with Crippen molar-refractivity contribution >= 4 is 52.6 Å². The number of carbonyl (C=O) groups excluding carboxylic acids is 1. The van der Waals surface area contributed by atoms with E-state index >= 15 is 0 Å². The maximum Gasteiger partial charge on any atom is 0.425 e. The second-order valence-electron chi connectivity index (χ2n) is 8.34. The van der Waals surface area contributed by atoms with Crippen molar-refractivity contribution in [3.05, 3.63) is 73.7 Å². The Hall–Kier alpha value is -2.51. The van der Waals surface area contributed by atoms with E-state index in [0.29, 0.717) is 12.1 Å². The monoisotopic (exact) mass is 645 g/mol. The molecule has 0 spiro atoms. The van der Waals surface area contributed by atoms with Crippen molar-refractivity contribution in [2.75, 3.05) is 6.61 Å². The number of nitrogens with zero attached hydrogens (tertiary/aromatic N) is 1. The highest BCUT2D eigenvalue weighted by Crippen LogP contribution is 2.43. The van der Waals surface area contributed by atoms with Gasteiger partial charge < -0.3 is 4.84 Å². The lowest BCUT2D eigenvalue weighted by Gasteiger charge is -2.19. The molecule has 220 valence electrons. The molecule has 0 aliphatic heterocycles. The first-order chi connectivity index (χ1) is 18.2. The fraction of sp³-hybridized carbons (Fsp3) is 0.333. The molecule has 0 saturated carbocycles. The highest BCUT2D eigenvalue weighted by molar-refractivity contribution is 6.48. The molecule has 2 unspecified atom stereocenters. The van der Waals surface area contributed by atoms with Gasteiger partial charge in [0.05, 0.1) is 20.6 Å². The highest BCUT2D eigenvalue weighted by Gasteiger charge is 2.41. The van der Waals surface area contributed by atoms with E-state index in [0.717, 1.165) is 18.3 Å². The first-order valence-corrected chi connectivity index (χ1v) is 11.9. The number of Topliss-reactive ketones (excluding diaryl/α,β-unsaturated/α-hetero) is 1. The van der Waals surface area contributed by atoms with E-state index in [-0.39, 0.29) is 27.2 Å². The molecular formula is C24H16Cl3F10NO2. The zero-order valence-corrected chi connectivity index (χ0v) is 22.1. The van der Waals surface area contributed by atoms with Gasteiger partial charge in [0.15, 0.2) is 5.78 Å². The van der Waals surface area contributed by atoms with Crippen LogP contribution < -0.4 is 0 Å². The van der Waals surface area contributed by atoms with Crippen LogP contribution in [0.2, 0.25) is 15.1 Å². The second-order valence-corrected chi connectivity index (χ2v) is 9.53. The van der Waals surface area contributed by atoms with Gasteiger partial charge in [-0.15, -0.1) is 0 Å². The van der Waals surface area contributed by atoms with Gasteiger partial charge in [0.2, 0.25) is 6.61 Å². The van der Waals surface area contributed by atoms with E-state index in [4.69, 9.17) is 34.8 Å². The molecule has 0 amide bonds. The van der Waals surface area contributed by atoms with E-state index in [1.807, 2.05) is 0 Å². The molecule has 2 aromatic rings. The Balaban J connectivity index is 2.41. The van der Waals surface area contributed by atoms with Gasteiger partial charge in [-0.2, -0.15) is 39.5 Å². The molecule has 0 saturated heterocycles. The van der Waals surface area contributed by atoms with Crippen molar-refractivity contribution < 1.29 is 53.5 Å². The van der Waals surface area contributed by atoms with E-state index in [2.05, 4.69) is 9.99 Å². The SMILES string of the molecule is CC(/C=N/OCC(F)(F)F)CC(=O)c1ccc(/C(F)=C/C(c2cc(Cl)c(Cl)c(Cl)c2)C(F)(F)F)cc1C(F)(F)F. The molecule has 0 aromatic heterocycles. The van der Waals surface area contributed by atoms with Crippen molar-refractivity contribution in [3.63, 3.8) is 0 Å². The van der Waals surface area contributed by atoms with Crippen molar-refractivity contribution in [2.45, 2.75) is 37.8 Å². The Morgan fingerprint density at radius 1 is 0.975 bits per heavy atom. The van der Waals surface area contributed by atoms with E-state index in [9.17, 15) is 48.7 Å². The number of carbonyl (C=O) groups is 1. The Labute approximate surface area is 235 Å². The Morgan fingerprint density at radius 2 is 1.55 bits per heavy atom. The fourth-order valence-electron chi connectivity index (χ4n) is 3.26. The predicted molar refractivity (Wildman–Crippen MR) is 129 cm³/mol. The summed E-state index contributed by atoms with van der Waals surface area (Å²) < 4.78 is 134. The first-order valence-electron chi connectivity index (χ1n) is 10.8. The number of allylic oxidation sites excluding steroid dienone is 1. The van der Waals surface area contributed by atoms with E-state index < -0.39 is 77.3 Å². The minimum absolute atomic E-state index is 0.0202. The highest BCUT2D eigenvalue weighted by atomic mass is 35.5. The van der Waals surface area contributed by atoms with Crippen LogP contribution in [0.25, 0.3) is 5.83 Å². The average molecular weight is 647 g/mol. The average Bonchev–Trinajstić information content (AvgIpc) is 2.81. The summed E-state index contributed by atoms with van der Waals surface area (Å²) in [7, 11) is 0. The predicted octanol–water partition coefficient (Wildman–Crippen LogP) is 10.1. The van der Waals surface area contributed by atoms with E-state index in [1.165, 1.54) is 6.92 Å². The zero-order chi connectivity index (χ0) is 30.6. The fourth-order valence-corrected chi connectivity index (χ4v) is 3.87. The normalized spacial score (nSPS) is 14.9. The number of alkyl halides is 9. The minimum atomic E-state index is -5.23. The third-order valence-corrected chi connectivity index (χ3v) is 6.25. The molecule has 0 fully saturated rings. The Morgan fingerprint density at radius 3 is 2.05 bits per heavy atom. The van der Waals surface area contributed by atoms with Gasteiger partial charge in [-0.3, -0.25) is 4.79 Å². The summed E-state index contributed by atoms with van der Waals surface area (Å²) in [6.45, 7) is -0.467. The molecule has 0 bridgehead atoms. The number of rotatable bonds is 9. The number of hydrogen-bond donors (Lipinski definition) is 0. The van der Waals surface area contributed by atoms with Gasteiger partial charge in [-0.05, 0) is 29.8 Å². The summed E-state index contributed by atoms with van der Waals surface area (Å²) in [6, 6.07) is 2.98. The van der Waals surface area contributed by atoms with E-state index in [1.54, 1.807) is 0 Å². The third kappa shape index (κ3) is 9.55. The molecule has 0 N–H and O–H groups in total. The van der Waals surface area contributed by atoms with Crippen molar-refractivity contribution in [3.8, 4) is 0 Å². The quantitative estimate of drug-likeness (QED) is 0.0894. The Bertz CT molecular complexity index is 1260. The molecule has 2 rings (SSSR count). The van der Waals surface area contributed by atoms with Crippen LogP contribution in [0, 0.1) is 5.92 Å². The molecule has 16 heteroatoms. The molecule has 0 aliphatic carbocycles. The molecule has 0 heterocycles. The van der Waals surface area contributed by atoms with Crippen molar-refractivity contribution in [1.29, 1.82) is 0 Å². The van der Waals surface area contributed by atoms with Crippen molar-refractivity contribution in [2.24, 2.45) is 11.1 Å². The number of benzene rings is 2. The maximum atomic E-state index is 15.0. The van der Waals surface area contributed by atoms with Gasteiger partial charge in [0.25, 0.3) is 0 Å². The standard InChI is InChI=1S/C24H16Cl3F10NO2/c1-11(9-38-40-10-22(29,30)31)4-20(39)14-3-2-12(5-16(14)24(35,36)37)19(28)8-15(23(32,33)34)13-6-17(25)21(27)18(26)7-13/h2-3,5-9,11,15H,4,10H2,1H3/b19-8-,38-9+. The minimum Gasteiger partial charge on any atom is -0.386 e. The first kappa shape index (κ1) is 33.7. The summed E-state index contributed by atoms with van der Waals surface area (Å²) >= 11 is 17.2. The maximum absolute atomic E-state index is 15.0. The summed E-state index contributed by atoms with van der Waals surface area (Å²) in [5, 5.41) is 2.00. The Kier molecular flexibility index (Phi) is 10.9. The topological polar surface area (TPSA) is 38.7 Å². The summed E-state index contributed by atoms with van der Waals surface area (Å²) in [5.74, 6) is -6.49. The summed E-state index contributed by atoms with van der Waals surface area (Å²) in [6.07, 6.45) is -14.9. The van der Waals surface area contributed by atoms with Gasteiger partial charge in [-0.25, -0.2) is 4.39 Å². The lowest BCUT2D eigenvalue weighted by atomic mass is 9.93. The number of hydrogen-bond acceptors (Lipinski definition) is 3. The molecule has 0 aliphatic rings. The molecule has 40 heavy (non-hydrogen) atoms. The molecule has 2 atom stereocenters. The zero-order valence-electron chi connectivity index (χ0n) is 19.8. The van der Waals surface area contributed by atoms with Crippen LogP contribution in [0.3, 0.4) is 0 Å². The summed E-state index contributed by atoms with van der Waals surface area (Å²) in [5.41, 5.74) is -4.14. The molecular weight excluding hydrogens is 631 g/mol. The third-order valence-electron chi connectivity index (χ3n) is 5.06. The lowest BCUT2D eigenvalue weighted by Crippen LogP contribution is -2.19. The smallest absolute Gasteiger partial charge is 0.386 e. The number of halogens is 13. The van der Waals surface area contributed by atoms with Crippen LogP contribution in [-0.2, 0) is 11.0 Å². The van der Waals surface area contributed by atoms with Crippen LogP contribution in [0.1, 0.15) is 46.3 Å². The lowest BCUT2D eigenvalue weighted by molar-refractivity contribution is -0.173. The van der Waals surface area contributed by atoms with Gasteiger partial charge in [0, 0.05) is 29.7 Å². The largest absolute Gasteiger partial charge is 0.425 e. The van der Waals surface area contributed by atoms with Gasteiger partial charge in [0.1, 0.15) is 11.7 Å². The van der Waals surface area contributed by atoms with Crippen LogP contribution in [0.15, 0.2) is 41.6 Å². The van der Waals surface area contributed by atoms with Crippen molar-refractivity contribution in [1.82, 2.24) is 0 Å². The van der Waals surface area contributed by atoms with Gasteiger partial charge >= 0.3 is 18.5 Å². The second kappa shape index (κ2) is 13.0. The molecule has 0 radical (unpaired) electrons. The van der Waals surface area contributed by atoms with Gasteiger partial charge in [-0.1, -0.05) is 59.0 Å². The number of ketones is 1. The van der Waals surface area contributed by atoms with Crippen LogP contribution >= 0.6 is 34.8 Å². The summed E-state index contributed by atoms with van der Waals surface area (Å²) in [4.78, 5) is 16.5. The molecule has 3 nitrogen and oxygen atoms in total. The number of oxime groups is 1. The molecule has 2 aromatic carbocycles.